The number of rotatable bonds is 24. The largest absolute Gasteiger partial charge is 0.323 e. The van der Waals surface area contributed by atoms with E-state index in [1.165, 1.54) is 0 Å². The molecule has 0 atom stereocenters. The summed E-state index contributed by atoms with van der Waals surface area (Å²) in [6.45, 7) is 0. The number of carbonyl (C=O) groups is 5. The minimum absolute atomic E-state index is 0.0947. The van der Waals surface area contributed by atoms with Crippen LogP contribution in [0.15, 0.2) is 148 Å². The number of anilines is 6. The summed E-state index contributed by atoms with van der Waals surface area (Å²) in [5.41, 5.74) is -5.60. The summed E-state index contributed by atoms with van der Waals surface area (Å²) >= 11 is 0.456. The van der Waals surface area contributed by atoms with Gasteiger partial charge in [-0.3, -0.25) is 41.9 Å². The van der Waals surface area contributed by atoms with Crippen LogP contribution in [0.4, 0.5) is 38.9 Å². The topological polar surface area (TPSA) is 545 Å². The summed E-state index contributed by atoms with van der Waals surface area (Å²) in [4.78, 5) is 64.1. The van der Waals surface area contributed by atoms with Gasteiger partial charge in [-0.05, 0) is 109 Å². The molecule has 6 amide bonds. The Hall–Kier alpha value is -7.29. The molecule has 0 bridgehead atoms. The predicted octanol–water partition coefficient (Wildman–Crippen LogP) is 5.86. The van der Waals surface area contributed by atoms with Crippen molar-refractivity contribution in [2.45, 2.75) is 39.2 Å². The van der Waals surface area contributed by atoms with Gasteiger partial charge in [0.25, 0.3) is 74.2 Å². The molecule has 0 aliphatic carbocycles. The predicted molar refractivity (Wildman–Crippen MR) is 284 cm³/mol. The van der Waals surface area contributed by atoms with Gasteiger partial charge in [-0.15, -0.1) is 13.0 Å². The van der Waals surface area contributed by atoms with E-state index in [-0.39, 0.29) is 68.3 Å². The van der Waals surface area contributed by atoms with Crippen molar-refractivity contribution in [3.05, 3.63) is 131 Å². The van der Waals surface area contributed by atoms with E-state index in [1.807, 2.05) is 0 Å². The lowest BCUT2D eigenvalue weighted by atomic mass is 10.1. The zero-order chi connectivity index (χ0) is 62.1. The Bertz CT molecular complexity index is 4210. The number of amides is 6. The molecule has 6 aromatic carbocycles. The van der Waals surface area contributed by atoms with Crippen molar-refractivity contribution < 1.29 is 133 Å². The van der Waals surface area contributed by atoms with Gasteiger partial charge in [-0.1, -0.05) is 15.1 Å². The van der Waals surface area contributed by atoms with E-state index in [4.69, 9.17) is 15.8 Å². The lowest BCUT2D eigenvalue weighted by Gasteiger charge is -2.16. The molecule has 0 fully saturated rings. The fourth-order valence-electron chi connectivity index (χ4n) is 6.68. The third kappa shape index (κ3) is 17.9. The fourth-order valence-corrected chi connectivity index (χ4v) is 11.2. The normalized spacial score (nSPS) is 12.0. The Balaban J connectivity index is 1.43. The number of hydrogen-bond acceptors (Lipinski definition) is 27. The molecule has 6 aromatic rings. The van der Waals surface area contributed by atoms with Crippen molar-refractivity contribution in [3.8, 4) is 0 Å². The number of carbonyl (C=O) groups excluding carboxylic acids is 5. The van der Waals surface area contributed by atoms with Crippen LogP contribution >= 0.6 is 36.1 Å². The summed E-state index contributed by atoms with van der Waals surface area (Å²) in [5, 5.41) is 49.9. The van der Waals surface area contributed by atoms with Gasteiger partial charge < -0.3 is 31.9 Å². The van der Waals surface area contributed by atoms with E-state index in [9.17, 15) is 88.8 Å². The van der Waals surface area contributed by atoms with Crippen LogP contribution in [0.25, 0.3) is 0 Å². The zero-order valence-electron chi connectivity index (χ0n) is 40.3. The molecule has 0 aromatic heterocycles. The molecule has 0 saturated heterocycles. The van der Waals surface area contributed by atoms with Crippen molar-refractivity contribution in [1.29, 1.82) is 0 Å². The first-order valence-corrected chi connectivity index (χ1v) is 30.6. The minimum Gasteiger partial charge on any atom is -0.321 e. The molecule has 84 heavy (non-hydrogen) atoms. The van der Waals surface area contributed by atoms with Gasteiger partial charge in [-0.2, -0.15) is 42.1 Å². The van der Waals surface area contributed by atoms with Crippen LogP contribution < -0.4 is 31.9 Å². The standard InChI is InChI=1S/C41H32N6O29S8/c48-37(44-29-6-2-26(80(56,57)58)16-33(29)78-75-72-54)19-9-21(39(50)46-31-5-1-25(77-74-71-53)15-35(31)83(65,66)67)13-23(11-19)42-41(52)43-24-12-20(38(49)45-30-7-3-27(81(59,60)61)17-34(30)79-76-73-55)10-22(14-24)40(51)47-32-8-4-28(82(62,63)64)18-36(32)84(68,69)70/h1-18,53-55H,(H,44,48)(H,45,49)(H,46,50)(H,47,51)(H2,42,43,52)(H,56,57,58)(H,59,60,61)(H,62,63,64)(H,65,66,67)(H,68,69,70). The Morgan fingerprint density at radius 3 is 1.00 bits per heavy atom. The summed E-state index contributed by atoms with van der Waals surface area (Å²) in [5.74, 6) is -5.08. The molecule has 0 heterocycles. The molecule has 43 heteroatoms. The highest BCUT2D eigenvalue weighted by Gasteiger charge is 2.26. The van der Waals surface area contributed by atoms with Crippen LogP contribution in [-0.2, 0) is 78.7 Å². The molecule has 6 rings (SSSR count). The van der Waals surface area contributed by atoms with Crippen LogP contribution in [0, 0.1) is 0 Å². The quantitative estimate of drug-likeness (QED) is 0.0146. The molecule has 0 spiro atoms. The van der Waals surface area contributed by atoms with E-state index in [2.05, 4.69) is 60.0 Å². The second-order valence-corrected chi connectivity index (χ2v) is 25.0. The number of nitrogens with one attached hydrogen (secondary N) is 6. The minimum atomic E-state index is -5.41. The number of benzene rings is 6. The van der Waals surface area contributed by atoms with Crippen LogP contribution in [0.2, 0.25) is 0 Å². The maximum absolute atomic E-state index is 14.0. The lowest BCUT2D eigenvalue weighted by molar-refractivity contribution is -0.432. The number of hydrogen-bond donors (Lipinski definition) is 14. The second-order valence-electron chi connectivity index (χ2n) is 15.7. The Morgan fingerprint density at radius 2 is 0.655 bits per heavy atom. The monoisotopic (exact) mass is 1330 g/mol. The Kier molecular flexibility index (Phi) is 21.3. The van der Waals surface area contributed by atoms with E-state index in [0.717, 1.165) is 91.0 Å². The van der Waals surface area contributed by atoms with Crippen molar-refractivity contribution in [3.63, 3.8) is 0 Å². The average molecular weight is 1330 g/mol. The van der Waals surface area contributed by atoms with Crippen molar-refractivity contribution >= 4 is 151 Å². The Morgan fingerprint density at radius 1 is 0.345 bits per heavy atom. The van der Waals surface area contributed by atoms with Gasteiger partial charge in [-0.25, -0.2) is 20.6 Å². The van der Waals surface area contributed by atoms with Gasteiger partial charge in [0.2, 0.25) is 0 Å². The third-order valence-corrected chi connectivity index (χ3v) is 16.4. The molecule has 0 radical (unpaired) electrons. The van der Waals surface area contributed by atoms with Crippen LogP contribution in [0.3, 0.4) is 0 Å². The van der Waals surface area contributed by atoms with Crippen molar-refractivity contribution in [1.82, 2.24) is 0 Å². The molecule has 0 saturated carbocycles. The van der Waals surface area contributed by atoms with E-state index in [0.29, 0.717) is 12.1 Å². The highest BCUT2D eigenvalue weighted by atomic mass is 32.2. The average Bonchev–Trinajstić information content (AvgIpc) is 2.47. The fraction of sp³-hybridized carbons (Fsp3) is 0. The van der Waals surface area contributed by atoms with Gasteiger partial charge in [0, 0.05) is 38.5 Å². The van der Waals surface area contributed by atoms with Crippen LogP contribution in [-0.4, -0.2) is 110 Å². The maximum Gasteiger partial charge on any atom is 0.323 e. The molecule has 448 valence electrons. The van der Waals surface area contributed by atoms with E-state index < -0.39 is 150 Å². The van der Waals surface area contributed by atoms with Crippen LogP contribution in [0.5, 0.6) is 0 Å². The lowest BCUT2D eigenvalue weighted by Crippen LogP contribution is -2.23. The maximum atomic E-state index is 14.0. The van der Waals surface area contributed by atoms with E-state index in [1.54, 1.807) is 0 Å². The highest BCUT2D eigenvalue weighted by Crippen LogP contribution is 2.35. The first kappa shape index (κ1) is 65.9. The SMILES string of the molecule is O=C(Nc1cc(C(=O)Nc2ccc(S(=O)(=O)O)cc2SOOO)cc(C(=O)Nc2ccc(SOOO)cc2S(=O)(=O)O)c1)Nc1cc(C(=O)Nc2ccc(S(=O)(=O)O)cc2SOOO)cc(C(=O)Nc2ccc(S(=O)(=O)O)cc2S(=O)(=O)O)c1. The van der Waals surface area contributed by atoms with Crippen molar-refractivity contribution in [2.75, 3.05) is 31.9 Å². The summed E-state index contributed by atoms with van der Waals surface area (Å²) in [6, 6.07) is 13.1. The molecule has 14 N–H and O–H groups in total. The van der Waals surface area contributed by atoms with Gasteiger partial charge in [0.1, 0.15) is 9.79 Å². The molecule has 0 unspecified atom stereocenters. The molecule has 0 aliphatic heterocycles. The van der Waals surface area contributed by atoms with Gasteiger partial charge >= 0.3 is 6.03 Å². The molecular formula is C41H32N6O29S8. The van der Waals surface area contributed by atoms with Crippen LogP contribution in [0.1, 0.15) is 41.4 Å². The first-order chi connectivity index (χ1) is 39.2. The second kappa shape index (κ2) is 27.2. The molecule has 35 nitrogen and oxygen atoms in total. The highest BCUT2D eigenvalue weighted by molar-refractivity contribution is 7.95. The third-order valence-electron chi connectivity index (χ3n) is 10.2. The Labute approximate surface area is 482 Å². The first-order valence-electron chi connectivity index (χ1n) is 21.2. The summed E-state index contributed by atoms with van der Waals surface area (Å²) in [7, 11) is -25.5. The number of urea groups is 1. The zero-order valence-corrected chi connectivity index (χ0v) is 46.8. The van der Waals surface area contributed by atoms with Gasteiger partial charge in [0.05, 0.1) is 83.4 Å². The van der Waals surface area contributed by atoms with Crippen molar-refractivity contribution in [2.24, 2.45) is 0 Å². The summed E-state index contributed by atoms with van der Waals surface area (Å²) in [6.07, 6.45) is 0. The molecular weight excluding hydrogens is 1300 g/mol. The van der Waals surface area contributed by atoms with E-state index >= 15 is 0 Å². The summed E-state index contributed by atoms with van der Waals surface area (Å²) < 4.78 is 182. The molecule has 0 aliphatic rings. The van der Waals surface area contributed by atoms with Gasteiger partial charge in [0.15, 0.2) is 0 Å². The smallest absolute Gasteiger partial charge is 0.321 e.